The highest BCUT2D eigenvalue weighted by atomic mass is 19.1. The molecule has 1 aliphatic heterocycles. The Labute approximate surface area is 125 Å². The lowest BCUT2D eigenvalue weighted by atomic mass is 10.0. The van der Waals surface area contributed by atoms with Crippen LogP contribution in [0.15, 0.2) is 24.3 Å². The van der Waals surface area contributed by atoms with E-state index in [1.54, 1.807) is 23.1 Å². The van der Waals surface area contributed by atoms with Gasteiger partial charge in [0.15, 0.2) is 0 Å². The number of amides is 1. The summed E-state index contributed by atoms with van der Waals surface area (Å²) in [4.78, 5) is 14.2. The molecule has 1 amide bonds. The Morgan fingerprint density at radius 2 is 2.10 bits per heavy atom. The molecule has 1 saturated carbocycles. The molecule has 0 spiro atoms. The minimum atomic E-state index is -0.322. The molecule has 2 fully saturated rings. The minimum Gasteiger partial charge on any atom is -0.308 e. The Bertz CT molecular complexity index is 515. The van der Waals surface area contributed by atoms with Crippen molar-refractivity contribution in [2.75, 3.05) is 11.4 Å². The van der Waals surface area contributed by atoms with Crippen molar-refractivity contribution in [2.24, 2.45) is 5.92 Å². The third kappa shape index (κ3) is 3.43. The molecule has 0 radical (unpaired) electrons. The maximum Gasteiger partial charge on any atom is 0.244 e. The van der Waals surface area contributed by atoms with Gasteiger partial charge in [-0.3, -0.25) is 4.79 Å². The van der Waals surface area contributed by atoms with Crippen LogP contribution in [0.25, 0.3) is 0 Å². The summed E-state index contributed by atoms with van der Waals surface area (Å²) in [5.41, 5.74) is 0.406. The van der Waals surface area contributed by atoms with Gasteiger partial charge < -0.3 is 10.2 Å². The Morgan fingerprint density at radius 3 is 2.81 bits per heavy atom. The first-order valence-corrected chi connectivity index (χ1v) is 7.97. The van der Waals surface area contributed by atoms with E-state index in [-0.39, 0.29) is 17.8 Å². The van der Waals surface area contributed by atoms with E-state index >= 15 is 0 Å². The maximum absolute atomic E-state index is 13.9. The van der Waals surface area contributed by atoms with Crippen molar-refractivity contribution in [1.82, 2.24) is 5.32 Å². The number of benzene rings is 1. The van der Waals surface area contributed by atoms with Gasteiger partial charge in [0, 0.05) is 12.6 Å². The smallest absolute Gasteiger partial charge is 0.244 e. The highest BCUT2D eigenvalue weighted by Gasteiger charge is 2.32. The predicted molar refractivity (Wildman–Crippen MR) is 81.7 cm³/mol. The second kappa shape index (κ2) is 6.14. The van der Waals surface area contributed by atoms with E-state index in [4.69, 9.17) is 0 Å². The van der Waals surface area contributed by atoms with Gasteiger partial charge in [0.2, 0.25) is 5.91 Å². The second-order valence-electron chi connectivity index (χ2n) is 6.38. The summed E-state index contributed by atoms with van der Waals surface area (Å²) in [5, 5.41) is 3.45. The number of halogens is 1. The molecular weight excluding hydrogens is 267 g/mol. The van der Waals surface area contributed by atoms with Crippen LogP contribution in [0.5, 0.6) is 0 Å². The third-order valence-electron chi connectivity index (χ3n) is 4.45. The molecule has 114 valence electrons. The van der Waals surface area contributed by atoms with Gasteiger partial charge in [0.05, 0.1) is 11.7 Å². The molecule has 0 unspecified atom stereocenters. The van der Waals surface area contributed by atoms with Crippen molar-refractivity contribution in [3.63, 3.8) is 0 Å². The van der Waals surface area contributed by atoms with Crippen molar-refractivity contribution < 1.29 is 9.18 Å². The van der Waals surface area contributed by atoms with Gasteiger partial charge in [-0.25, -0.2) is 4.39 Å². The molecular formula is C17H23FN2O. The lowest BCUT2D eigenvalue weighted by molar-refractivity contribution is -0.122. The van der Waals surface area contributed by atoms with Crippen LogP contribution in [0.4, 0.5) is 10.1 Å². The summed E-state index contributed by atoms with van der Waals surface area (Å²) in [6, 6.07) is 6.71. The fourth-order valence-corrected chi connectivity index (χ4v) is 3.20. The zero-order valence-corrected chi connectivity index (χ0v) is 12.5. The Kier molecular flexibility index (Phi) is 4.24. The predicted octanol–water partition coefficient (Wildman–Crippen LogP) is 3.10. The van der Waals surface area contributed by atoms with Gasteiger partial charge in [0.25, 0.3) is 0 Å². The van der Waals surface area contributed by atoms with Gasteiger partial charge in [-0.15, -0.1) is 0 Å². The average Bonchev–Trinajstić information content (AvgIpc) is 3.26. The van der Waals surface area contributed by atoms with Crippen molar-refractivity contribution in [2.45, 2.75) is 51.1 Å². The Balaban J connectivity index is 1.66. The summed E-state index contributed by atoms with van der Waals surface area (Å²) in [5.74, 6) is 0.528. The summed E-state index contributed by atoms with van der Waals surface area (Å²) in [7, 11) is 0. The van der Waals surface area contributed by atoms with Crippen LogP contribution in [0, 0.1) is 11.7 Å². The molecule has 0 aromatic heterocycles. The number of anilines is 1. The number of hydrogen-bond acceptors (Lipinski definition) is 2. The Morgan fingerprint density at radius 1 is 1.33 bits per heavy atom. The lowest BCUT2D eigenvalue weighted by Crippen LogP contribution is -2.53. The van der Waals surface area contributed by atoms with E-state index in [1.807, 2.05) is 0 Å². The molecule has 1 aromatic carbocycles. The molecule has 3 rings (SSSR count). The van der Waals surface area contributed by atoms with E-state index in [0.29, 0.717) is 18.3 Å². The fourth-order valence-electron chi connectivity index (χ4n) is 3.20. The highest BCUT2D eigenvalue weighted by molar-refractivity contribution is 5.98. The van der Waals surface area contributed by atoms with Crippen LogP contribution in [0.1, 0.15) is 39.0 Å². The number of piperidine rings is 1. The second-order valence-corrected chi connectivity index (χ2v) is 6.38. The number of carbonyl (C=O) groups excluding carboxylic acids is 1. The van der Waals surface area contributed by atoms with Crippen LogP contribution < -0.4 is 10.2 Å². The normalized spacial score (nSPS) is 24.2. The first kappa shape index (κ1) is 14.5. The SMILES string of the molecule is C[C@H](CC1CC1)N[C@@H]1CCCN(c2ccccc2F)C1=O. The zero-order chi connectivity index (χ0) is 14.8. The van der Waals surface area contributed by atoms with Gasteiger partial charge >= 0.3 is 0 Å². The Hall–Kier alpha value is -1.42. The average molecular weight is 290 g/mol. The number of nitrogens with one attached hydrogen (secondary N) is 1. The molecule has 2 atom stereocenters. The van der Waals surface area contributed by atoms with E-state index in [0.717, 1.165) is 25.2 Å². The number of hydrogen-bond donors (Lipinski definition) is 1. The van der Waals surface area contributed by atoms with Gasteiger partial charge in [-0.05, 0) is 44.2 Å². The van der Waals surface area contributed by atoms with Crippen molar-refractivity contribution >= 4 is 11.6 Å². The highest BCUT2D eigenvalue weighted by Crippen LogP contribution is 2.33. The first-order chi connectivity index (χ1) is 10.1. The van der Waals surface area contributed by atoms with Crippen LogP contribution in [-0.4, -0.2) is 24.5 Å². The number of carbonyl (C=O) groups is 1. The van der Waals surface area contributed by atoms with E-state index in [2.05, 4.69) is 12.2 Å². The number of rotatable bonds is 5. The van der Waals surface area contributed by atoms with E-state index in [1.165, 1.54) is 18.9 Å². The van der Waals surface area contributed by atoms with Crippen molar-refractivity contribution in [3.8, 4) is 0 Å². The molecule has 1 aromatic rings. The molecule has 1 heterocycles. The summed E-state index contributed by atoms with van der Waals surface area (Å²) in [6.45, 7) is 2.75. The first-order valence-electron chi connectivity index (χ1n) is 7.97. The summed E-state index contributed by atoms with van der Waals surface area (Å²) in [6.07, 6.45) is 5.55. The fraction of sp³-hybridized carbons (Fsp3) is 0.588. The lowest BCUT2D eigenvalue weighted by Gasteiger charge is -2.34. The zero-order valence-electron chi connectivity index (χ0n) is 12.5. The molecule has 4 heteroatoms. The van der Waals surface area contributed by atoms with Crippen LogP contribution in [0.2, 0.25) is 0 Å². The minimum absolute atomic E-state index is 0.00833. The van der Waals surface area contributed by atoms with Crippen molar-refractivity contribution in [1.29, 1.82) is 0 Å². The van der Waals surface area contributed by atoms with Gasteiger partial charge in [-0.1, -0.05) is 25.0 Å². The van der Waals surface area contributed by atoms with E-state index < -0.39 is 0 Å². The van der Waals surface area contributed by atoms with Gasteiger partial charge in [0.1, 0.15) is 5.82 Å². The topological polar surface area (TPSA) is 32.3 Å². The van der Waals surface area contributed by atoms with Gasteiger partial charge in [-0.2, -0.15) is 0 Å². The van der Waals surface area contributed by atoms with Crippen LogP contribution in [0.3, 0.4) is 0 Å². The molecule has 1 saturated heterocycles. The molecule has 1 aliphatic carbocycles. The van der Waals surface area contributed by atoms with Crippen LogP contribution >= 0.6 is 0 Å². The maximum atomic E-state index is 13.9. The summed E-state index contributed by atoms with van der Waals surface area (Å²) < 4.78 is 13.9. The monoisotopic (exact) mass is 290 g/mol. The van der Waals surface area contributed by atoms with Crippen molar-refractivity contribution in [3.05, 3.63) is 30.1 Å². The number of para-hydroxylation sites is 1. The largest absolute Gasteiger partial charge is 0.308 e. The molecule has 0 bridgehead atoms. The van der Waals surface area contributed by atoms with Crippen LogP contribution in [-0.2, 0) is 4.79 Å². The quantitative estimate of drug-likeness (QED) is 0.903. The molecule has 1 N–H and O–H groups in total. The standard InChI is InChI=1S/C17H23FN2O/c1-12(11-13-8-9-13)19-15-6-4-10-20(17(15)21)16-7-3-2-5-14(16)18/h2-3,5,7,12-13,15,19H,4,6,8-11H2,1H3/t12-,15-/m1/s1. The summed E-state index contributed by atoms with van der Waals surface area (Å²) >= 11 is 0. The molecule has 21 heavy (non-hydrogen) atoms. The molecule has 3 nitrogen and oxygen atoms in total. The van der Waals surface area contributed by atoms with E-state index in [9.17, 15) is 9.18 Å². The third-order valence-corrected chi connectivity index (χ3v) is 4.45. The molecule has 2 aliphatic rings. The number of nitrogens with zero attached hydrogens (tertiary/aromatic N) is 1.